The van der Waals surface area contributed by atoms with Crippen LogP contribution in [0, 0.1) is 0 Å². The highest BCUT2D eigenvalue weighted by molar-refractivity contribution is 6.03. The average Bonchev–Trinajstić information content (AvgIpc) is 3.36. The maximum absolute atomic E-state index is 5.10. The van der Waals surface area contributed by atoms with E-state index in [9.17, 15) is 0 Å². The van der Waals surface area contributed by atoms with Crippen LogP contribution in [0.5, 0.6) is 0 Å². The first-order valence-corrected chi connectivity index (χ1v) is 13.8. The molecule has 0 saturated carbocycles. The quantitative estimate of drug-likeness (QED) is 0.232. The first-order valence-electron chi connectivity index (χ1n) is 13.8. The van der Waals surface area contributed by atoms with Gasteiger partial charge in [-0.3, -0.25) is 0 Å². The standard InChI is InChI=1S/C37H27N3/c1-5-15-29-25(11-1)21-26-12-2-6-16-30(26)33(29)23-38-37-39-35-19-9-10-20-36(35)40(37)24-34-31-17-7-3-13-27(31)22-28-14-4-8-18-32(28)34/h1-22H,23-24H2,(H,38,39). The molecule has 8 rings (SSSR count). The SMILES string of the molecule is c1ccc2c(CNc3nc4ccccc4n3Cc3c4ccccc4cc4ccccc34)c3ccccc3cc2c1. The van der Waals surface area contributed by atoms with E-state index in [4.69, 9.17) is 4.98 Å². The summed E-state index contributed by atoms with van der Waals surface area (Å²) < 4.78 is 2.34. The van der Waals surface area contributed by atoms with Crippen LogP contribution < -0.4 is 5.32 Å². The minimum Gasteiger partial charge on any atom is -0.351 e. The monoisotopic (exact) mass is 513 g/mol. The highest BCUT2D eigenvalue weighted by atomic mass is 15.2. The molecule has 40 heavy (non-hydrogen) atoms. The number of anilines is 1. The van der Waals surface area contributed by atoms with Gasteiger partial charge in [0, 0.05) is 6.54 Å². The largest absolute Gasteiger partial charge is 0.351 e. The van der Waals surface area contributed by atoms with Crippen molar-refractivity contribution in [2.45, 2.75) is 13.1 Å². The maximum atomic E-state index is 5.10. The number of nitrogens with zero attached hydrogens (tertiary/aromatic N) is 2. The normalized spacial score (nSPS) is 11.7. The number of hydrogen-bond acceptors (Lipinski definition) is 2. The molecule has 0 aliphatic rings. The fourth-order valence-corrected chi connectivity index (χ4v) is 6.27. The molecule has 3 nitrogen and oxygen atoms in total. The minimum atomic E-state index is 0.682. The second-order valence-corrected chi connectivity index (χ2v) is 10.5. The van der Waals surface area contributed by atoms with Gasteiger partial charge in [0.25, 0.3) is 0 Å². The molecule has 0 fully saturated rings. The molecule has 3 heteroatoms. The van der Waals surface area contributed by atoms with Crippen LogP contribution in [0.25, 0.3) is 54.1 Å². The van der Waals surface area contributed by atoms with Crippen LogP contribution in [-0.2, 0) is 13.1 Å². The van der Waals surface area contributed by atoms with Crippen LogP contribution in [0.2, 0.25) is 0 Å². The molecule has 7 aromatic carbocycles. The summed E-state index contributed by atoms with van der Waals surface area (Å²) >= 11 is 0. The zero-order valence-electron chi connectivity index (χ0n) is 22.0. The second kappa shape index (κ2) is 9.25. The molecule has 0 unspecified atom stereocenters. The molecular formula is C37H27N3. The summed E-state index contributed by atoms with van der Waals surface area (Å²) in [5, 5.41) is 13.9. The average molecular weight is 514 g/mol. The van der Waals surface area contributed by atoms with Crippen molar-refractivity contribution >= 4 is 60.1 Å². The topological polar surface area (TPSA) is 29.9 Å². The van der Waals surface area contributed by atoms with E-state index >= 15 is 0 Å². The van der Waals surface area contributed by atoms with Crippen LogP contribution in [0.15, 0.2) is 133 Å². The van der Waals surface area contributed by atoms with Gasteiger partial charge in [0.1, 0.15) is 0 Å². The fraction of sp³-hybridized carbons (Fsp3) is 0.0541. The predicted molar refractivity (Wildman–Crippen MR) is 169 cm³/mol. The summed E-state index contributed by atoms with van der Waals surface area (Å²) in [7, 11) is 0. The van der Waals surface area contributed by atoms with Crippen molar-refractivity contribution in [2.24, 2.45) is 0 Å². The number of aromatic nitrogens is 2. The molecule has 0 spiro atoms. The Kier molecular flexibility index (Phi) is 5.27. The van der Waals surface area contributed by atoms with Crippen LogP contribution in [0.3, 0.4) is 0 Å². The molecule has 0 aliphatic carbocycles. The van der Waals surface area contributed by atoms with Gasteiger partial charge in [-0.15, -0.1) is 0 Å². The van der Waals surface area contributed by atoms with E-state index in [1.807, 2.05) is 0 Å². The molecule has 1 heterocycles. The maximum Gasteiger partial charge on any atom is 0.204 e. The van der Waals surface area contributed by atoms with Gasteiger partial charge >= 0.3 is 0 Å². The third kappa shape index (κ3) is 3.70. The Morgan fingerprint density at radius 1 is 0.500 bits per heavy atom. The molecule has 0 radical (unpaired) electrons. The molecule has 0 aliphatic heterocycles. The Morgan fingerprint density at radius 3 is 1.50 bits per heavy atom. The van der Waals surface area contributed by atoms with E-state index < -0.39 is 0 Å². The Morgan fingerprint density at radius 2 is 0.950 bits per heavy atom. The summed E-state index contributed by atoms with van der Waals surface area (Å²) in [5.41, 5.74) is 4.74. The summed E-state index contributed by atoms with van der Waals surface area (Å²) in [5.74, 6) is 0.884. The Hall–Kier alpha value is -5.15. The molecular weight excluding hydrogens is 486 g/mol. The summed E-state index contributed by atoms with van der Waals surface area (Å²) in [4.78, 5) is 5.10. The second-order valence-electron chi connectivity index (χ2n) is 10.5. The van der Waals surface area contributed by atoms with Gasteiger partial charge in [-0.2, -0.15) is 0 Å². The van der Waals surface area contributed by atoms with Crippen LogP contribution in [-0.4, -0.2) is 9.55 Å². The van der Waals surface area contributed by atoms with Gasteiger partial charge in [-0.1, -0.05) is 109 Å². The zero-order chi connectivity index (χ0) is 26.5. The van der Waals surface area contributed by atoms with Crippen molar-refractivity contribution in [3.8, 4) is 0 Å². The number of nitrogens with one attached hydrogen (secondary N) is 1. The van der Waals surface area contributed by atoms with Gasteiger partial charge in [-0.05, 0) is 78.5 Å². The molecule has 1 aromatic heterocycles. The third-order valence-corrected chi connectivity index (χ3v) is 8.16. The summed E-state index contributed by atoms with van der Waals surface area (Å²) in [6.45, 7) is 1.41. The van der Waals surface area contributed by atoms with E-state index in [-0.39, 0.29) is 0 Å². The van der Waals surface area contributed by atoms with Crippen molar-refractivity contribution in [2.75, 3.05) is 5.32 Å². The van der Waals surface area contributed by atoms with Crippen LogP contribution in [0.1, 0.15) is 11.1 Å². The molecule has 0 bridgehead atoms. The van der Waals surface area contributed by atoms with Gasteiger partial charge in [0.05, 0.1) is 17.6 Å². The first kappa shape index (κ1) is 22.8. The molecule has 8 aromatic rings. The smallest absolute Gasteiger partial charge is 0.204 e. The molecule has 0 atom stereocenters. The highest BCUT2D eigenvalue weighted by Crippen LogP contribution is 2.33. The van der Waals surface area contributed by atoms with Crippen LogP contribution in [0.4, 0.5) is 5.95 Å². The van der Waals surface area contributed by atoms with Crippen molar-refractivity contribution in [3.63, 3.8) is 0 Å². The summed E-state index contributed by atoms with van der Waals surface area (Å²) in [6, 6.07) is 47.8. The highest BCUT2D eigenvalue weighted by Gasteiger charge is 2.16. The number of fused-ring (bicyclic) bond motifs is 5. The van der Waals surface area contributed by atoms with E-state index in [1.165, 1.54) is 54.2 Å². The number of hydrogen-bond donors (Lipinski definition) is 1. The van der Waals surface area contributed by atoms with Gasteiger partial charge in [0.15, 0.2) is 0 Å². The van der Waals surface area contributed by atoms with Gasteiger partial charge < -0.3 is 9.88 Å². The predicted octanol–water partition coefficient (Wildman–Crippen LogP) is 9.31. The number of rotatable bonds is 5. The van der Waals surface area contributed by atoms with Crippen molar-refractivity contribution in [1.82, 2.24) is 9.55 Å². The molecule has 0 saturated heterocycles. The van der Waals surface area contributed by atoms with Gasteiger partial charge in [-0.25, -0.2) is 4.98 Å². The third-order valence-electron chi connectivity index (χ3n) is 8.16. The van der Waals surface area contributed by atoms with Crippen molar-refractivity contribution in [1.29, 1.82) is 0 Å². The minimum absolute atomic E-state index is 0.682. The number of para-hydroxylation sites is 2. The molecule has 190 valence electrons. The van der Waals surface area contributed by atoms with E-state index in [0.29, 0.717) is 6.54 Å². The van der Waals surface area contributed by atoms with Crippen LogP contribution >= 0.6 is 0 Å². The Bertz CT molecular complexity index is 2100. The zero-order valence-corrected chi connectivity index (χ0v) is 22.0. The number of imidazole rings is 1. The lowest BCUT2D eigenvalue weighted by molar-refractivity contribution is 0.833. The lowest BCUT2D eigenvalue weighted by Gasteiger charge is -2.17. The Labute approximate surface area is 232 Å². The van der Waals surface area contributed by atoms with Crippen molar-refractivity contribution < 1.29 is 0 Å². The molecule has 0 amide bonds. The van der Waals surface area contributed by atoms with E-state index in [1.54, 1.807) is 0 Å². The van der Waals surface area contributed by atoms with Gasteiger partial charge in [0.2, 0.25) is 5.95 Å². The van der Waals surface area contributed by atoms with E-state index in [0.717, 1.165) is 23.5 Å². The lowest BCUT2D eigenvalue weighted by Crippen LogP contribution is -2.10. The van der Waals surface area contributed by atoms with E-state index in [2.05, 4.69) is 143 Å². The molecule has 1 N–H and O–H groups in total. The Balaban J connectivity index is 1.28. The fourth-order valence-electron chi connectivity index (χ4n) is 6.27. The first-order chi connectivity index (χ1) is 19.8. The van der Waals surface area contributed by atoms with Crippen molar-refractivity contribution in [3.05, 3.63) is 145 Å². The summed E-state index contributed by atoms with van der Waals surface area (Å²) in [6.07, 6.45) is 0. The lowest BCUT2D eigenvalue weighted by atomic mass is 9.96. The number of benzene rings is 7.